The first kappa shape index (κ1) is 21.3. The number of aromatic amines is 1. The molecule has 0 saturated carbocycles. The number of thiophene rings is 1. The molecule has 2 N–H and O–H groups in total. The van der Waals surface area contributed by atoms with Crippen LogP contribution in [0, 0.1) is 10.7 Å². The molecule has 0 aliphatic heterocycles. The van der Waals surface area contributed by atoms with E-state index in [-0.39, 0.29) is 11.9 Å². The van der Waals surface area contributed by atoms with Crippen LogP contribution in [0.25, 0.3) is 11.4 Å². The van der Waals surface area contributed by atoms with Crippen LogP contribution in [0.1, 0.15) is 38.1 Å². The second-order valence-electron chi connectivity index (χ2n) is 7.02. The van der Waals surface area contributed by atoms with Gasteiger partial charge in [0.1, 0.15) is 5.75 Å². The normalized spacial score (nSPS) is 12.1. The zero-order valence-corrected chi connectivity index (χ0v) is 18.5. The summed E-state index contributed by atoms with van der Waals surface area (Å²) in [6.45, 7) is 7.25. The lowest BCUT2D eigenvalue weighted by atomic mass is 10.0. The van der Waals surface area contributed by atoms with Crippen molar-refractivity contribution in [3.8, 4) is 17.1 Å². The number of ether oxygens (including phenoxy) is 1. The summed E-state index contributed by atoms with van der Waals surface area (Å²) >= 11 is 7.04. The molecule has 8 heteroatoms. The van der Waals surface area contributed by atoms with E-state index in [0.29, 0.717) is 36.1 Å². The number of amides is 1. The molecule has 6 nitrogen and oxygen atoms in total. The van der Waals surface area contributed by atoms with E-state index in [4.69, 9.17) is 17.0 Å². The summed E-state index contributed by atoms with van der Waals surface area (Å²) in [7, 11) is 0. The second-order valence-corrected chi connectivity index (χ2v) is 8.38. The highest BCUT2D eigenvalue weighted by Gasteiger charge is 2.19. The van der Waals surface area contributed by atoms with Crippen LogP contribution in [0.3, 0.4) is 0 Å². The summed E-state index contributed by atoms with van der Waals surface area (Å²) in [4.78, 5) is 13.8. The van der Waals surface area contributed by atoms with E-state index in [1.807, 2.05) is 47.2 Å². The molecule has 0 radical (unpaired) electrons. The van der Waals surface area contributed by atoms with Crippen molar-refractivity contribution >= 4 is 29.5 Å². The highest BCUT2D eigenvalue weighted by molar-refractivity contribution is 7.71. The Hall–Kier alpha value is -2.45. The summed E-state index contributed by atoms with van der Waals surface area (Å²) in [5.74, 6) is 1.83. The van der Waals surface area contributed by atoms with Gasteiger partial charge in [-0.05, 0) is 60.8 Å². The average Bonchev–Trinajstić information content (AvgIpc) is 3.35. The number of nitrogens with one attached hydrogen (secondary N) is 2. The van der Waals surface area contributed by atoms with E-state index in [2.05, 4.69) is 35.4 Å². The molecular weight excluding hydrogens is 404 g/mol. The van der Waals surface area contributed by atoms with E-state index >= 15 is 0 Å². The van der Waals surface area contributed by atoms with Gasteiger partial charge in [-0.1, -0.05) is 19.9 Å². The van der Waals surface area contributed by atoms with Crippen molar-refractivity contribution in [3.63, 3.8) is 0 Å². The Kier molecular flexibility index (Phi) is 7.22. The molecule has 154 valence electrons. The lowest BCUT2D eigenvalue weighted by Crippen LogP contribution is -2.31. The number of rotatable bonds is 9. The fourth-order valence-electron chi connectivity index (χ4n) is 3.11. The van der Waals surface area contributed by atoms with Crippen LogP contribution in [-0.4, -0.2) is 27.3 Å². The zero-order chi connectivity index (χ0) is 20.8. The van der Waals surface area contributed by atoms with Crippen molar-refractivity contribution in [1.29, 1.82) is 0 Å². The van der Waals surface area contributed by atoms with Gasteiger partial charge in [0.2, 0.25) is 5.91 Å². The van der Waals surface area contributed by atoms with Gasteiger partial charge in [-0.3, -0.25) is 14.5 Å². The first-order chi connectivity index (χ1) is 14.0. The highest BCUT2D eigenvalue weighted by Crippen LogP contribution is 2.26. The number of benzene rings is 1. The van der Waals surface area contributed by atoms with Crippen LogP contribution in [0.4, 0.5) is 0 Å². The monoisotopic (exact) mass is 430 g/mol. The van der Waals surface area contributed by atoms with Crippen LogP contribution in [0.2, 0.25) is 0 Å². The van der Waals surface area contributed by atoms with E-state index in [9.17, 15) is 4.79 Å². The maximum absolute atomic E-state index is 12.6. The number of nitrogens with zero attached hydrogens (tertiary/aromatic N) is 2. The molecule has 0 fully saturated rings. The predicted octanol–water partition coefficient (Wildman–Crippen LogP) is 4.97. The number of carbonyl (C=O) groups is 1. The predicted molar refractivity (Wildman–Crippen MR) is 119 cm³/mol. The van der Waals surface area contributed by atoms with Gasteiger partial charge in [0.15, 0.2) is 10.6 Å². The van der Waals surface area contributed by atoms with Crippen molar-refractivity contribution in [1.82, 2.24) is 20.1 Å². The SMILES string of the molecule is CCOc1ccc(-c2n[nH]c(=S)n2CCC(=O)N[C@@H](c2cccs2)C(C)C)cc1. The Bertz CT molecular complexity index is 975. The number of hydrogen-bond donors (Lipinski definition) is 2. The standard InChI is InChI=1S/C21H26N4O2S2/c1-4-27-16-9-7-15(8-10-16)20-23-24-21(28)25(20)12-11-18(26)22-19(14(2)3)17-6-5-13-29-17/h5-10,13-14,19H,4,11-12H2,1-3H3,(H,22,26)(H,24,28)/t19-/m1/s1. The molecule has 1 amide bonds. The van der Waals surface area contributed by atoms with Crippen LogP contribution >= 0.6 is 23.6 Å². The van der Waals surface area contributed by atoms with Crippen molar-refractivity contribution in [3.05, 3.63) is 51.4 Å². The van der Waals surface area contributed by atoms with Crippen molar-refractivity contribution in [2.75, 3.05) is 6.61 Å². The molecule has 2 aromatic heterocycles. The number of hydrogen-bond acceptors (Lipinski definition) is 5. The third-order valence-corrected chi connectivity index (χ3v) is 5.84. The Morgan fingerprint density at radius 1 is 1.31 bits per heavy atom. The van der Waals surface area contributed by atoms with Crippen molar-refractivity contribution in [2.24, 2.45) is 5.92 Å². The largest absolute Gasteiger partial charge is 0.494 e. The fraction of sp³-hybridized carbons (Fsp3) is 0.381. The summed E-state index contributed by atoms with van der Waals surface area (Å²) in [5.41, 5.74) is 0.917. The topological polar surface area (TPSA) is 71.9 Å². The minimum atomic E-state index is -0.00200. The molecule has 1 atom stereocenters. The van der Waals surface area contributed by atoms with Crippen molar-refractivity contribution in [2.45, 2.75) is 39.8 Å². The van der Waals surface area contributed by atoms with Gasteiger partial charge < -0.3 is 10.1 Å². The molecule has 0 spiro atoms. The molecule has 0 bridgehead atoms. The highest BCUT2D eigenvalue weighted by atomic mass is 32.1. The van der Waals surface area contributed by atoms with E-state index in [1.165, 1.54) is 4.88 Å². The van der Waals surface area contributed by atoms with Crippen LogP contribution in [0.15, 0.2) is 41.8 Å². The lowest BCUT2D eigenvalue weighted by Gasteiger charge is -2.21. The van der Waals surface area contributed by atoms with E-state index in [1.54, 1.807) is 11.3 Å². The second kappa shape index (κ2) is 9.84. The molecule has 2 heterocycles. The van der Waals surface area contributed by atoms with Gasteiger partial charge in [0.05, 0.1) is 12.6 Å². The molecule has 0 unspecified atom stereocenters. The Labute approximate surface area is 179 Å². The minimum Gasteiger partial charge on any atom is -0.494 e. The summed E-state index contributed by atoms with van der Waals surface area (Å²) in [6.07, 6.45) is 0.326. The van der Waals surface area contributed by atoms with E-state index < -0.39 is 0 Å². The van der Waals surface area contributed by atoms with Gasteiger partial charge in [0, 0.05) is 23.4 Å². The maximum Gasteiger partial charge on any atom is 0.222 e. The van der Waals surface area contributed by atoms with Gasteiger partial charge in [-0.25, -0.2) is 0 Å². The van der Waals surface area contributed by atoms with Crippen LogP contribution < -0.4 is 10.1 Å². The minimum absolute atomic E-state index is 0.00200. The smallest absolute Gasteiger partial charge is 0.222 e. The number of H-pyrrole nitrogens is 1. The molecule has 0 aliphatic rings. The third kappa shape index (κ3) is 5.33. The van der Waals surface area contributed by atoms with Gasteiger partial charge in [-0.15, -0.1) is 11.3 Å². The fourth-order valence-corrected chi connectivity index (χ4v) is 4.28. The Morgan fingerprint density at radius 3 is 2.69 bits per heavy atom. The molecule has 1 aromatic carbocycles. The number of carbonyl (C=O) groups excluding carboxylic acids is 1. The zero-order valence-electron chi connectivity index (χ0n) is 16.8. The quantitative estimate of drug-likeness (QED) is 0.470. The van der Waals surface area contributed by atoms with Crippen molar-refractivity contribution < 1.29 is 9.53 Å². The Morgan fingerprint density at radius 2 is 2.07 bits per heavy atom. The molecule has 0 saturated heterocycles. The molecular formula is C21H26N4O2S2. The molecule has 0 aliphatic carbocycles. The van der Waals surface area contributed by atoms with Crippen LogP contribution in [-0.2, 0) is 11.3 Å². The summed E-state index contributed by atoms with van der Waals surface area (Å²) < 4.78 is 7.85. The number of aromatic nitrogens is 3. The Balaban J connectivity index is 1.68. The summed E-state index contributed by atoms with van der Waals surface area (Å²) in [6, 6.07) is 11.8. The molecule has 3 rings (SSSR count). The van der Waals surface area contributed by atoms with Gasteiger partial charge in [-0.2, -0.15) is 5.10 Å². The van der Waals surface area contributed by atoms with Gasteiger partial charge in [0.25, 0.3) is 0 Å². The first-order valence-corrected chi connectivity index (χ1v) is 11.0. The third-order valence-electron chi connectivity index (χ3n) is 4.58. The molecule has 3 aromatic rings. The lowest BCUT2D eigenvalue weighted by molar-refractivity contribution is -0.122. The molecule has 29 heavy (non-hydrogen) atoms. The average molecular weight is 431 g/mol. The van der Waals surface area contributed by atoms with E-state index in [0.717, 1.165) is 11.3 Å². The first-order valence-electron chi connectivity index (χ1n) is 9.70. The van der Waals surface area contributed by atoms with Gasteiger partial charge >= 0.3 is 0 Å². The van der Waals surface area contributed by atoms with Crippen LogP contribution in [0.5, 0.6) is 5.75 Å². The summed E-state index contributed by atoms with van der Waals surface area (Å²) in [5, 5.41) is 12.4. The maximum atomic E-state index is 12.6.